The number of hydrogen-bond acceptors (Lipinski definition) is 3. The lowest BCUT2D eigenvalue weighted by molar-refractivity contribution is 0.0451. The first-order chi connectivity index (χ1) is 9.08. The van der Waals surface area contributed by atoms with E-state index in [1.165, 1.54) is 12.4 Å². The molecule has 4 nitrogen and oxygen atoms in total. The predicted molar refractivity (Wildman–Crippen MR) is 67.8 cm³/mol. The van der Waals surface area contributed by atoms with Gasteiger partial charge in [-0.1, -0.05) is 12.8 Å². The van der Waals surface area contributed by atoms with Crippen LogP contribution in [0.5, 0.6) is 0 Å². The van der Waals surface area contributed by atoms with Crippen molar-refractivity contribution in [1.82, 2.24) is 14.5 Å². The van der Waals surface area contributed by atoms with Crippen molar-refractivity contribution in [3.8, 4) is 0 Å². The minimum Gasteiger partial charge on any atom is -0.393 e. The number of nitrogens with zero attached hydrogens (tertiary/aromatic N) is 3. The van der Waals surface area contributed by atoms with Crippen LogP contribution < -0.4 is 0 Å². The lowest BCUT2D eigenvalue weighted by Gasteiger charge is -2.31. The Labute approximate surface area is 112 Å². The quantitative estimate of drug-likeness (QED) is 0.894. The molecular formula is C13H21F2N3O. The molecule has 2 unspecified atom stereocenters. The van der Waals surface area contributed by atoms with Crippen molar-refractivity contribution in [2.75, 3.05) is 13.6 Å². The molecule has 1 aliphatic rings. The van der Waals surface area contributed by atoms with E-state index in [0.717, 1.165) is 36.8 Å². The van der Waals surface area contributed by atoms with Crippen molar-refractivity contribution in [3.05, 3.63) is 18.2 Å². The topological polar surface area (TPSA) is 41.3 Å². The second-order valence-corrected chi connectivity index (χ2v) is 5.34. The Morgan fingerprint density at radius 1 is 1.47 bits per heavy atom. The molecule has 1 aromatic heterocycles. The minimum atomic E-state index is -2.55. The Morgan fingerprint density at radius 2 is 2.21 bits per heavy atom. The van der Waals surface area contributed by atoms with Gasteiger partial charge in [-0.3, -0.25) is 9.47 Å². The number of halogens is 2. The van der Waals surface area contributed by atoms with E-state index in [-0.39, 0.29) is 12.0 Å². The molecule has 0 amide bonds. The average Bonchev–Trinajstić information content (AvgIpc) is 2.80. The number of alkyl halides is 2. The zero-order valence-corrected chi connectivity index (χ0v) is 11.2. The van der Waals surface area contributed by atoms with E-state index in [1.807, 2.05) is 11.9 Å². The SMILES string of the molecule is CN(Cc1nccn1C(F)F)CC1CCCCC1O. The van der Waals surface area contributed by atoms with Crippen molar-refractivity contribution in [2.45, 2.75) is 44.9 Å². The number of imidazole rings is 1. The monoisotopic (exact) mass is 273 g/mol. The van der Waals surface area contributed by atoms with E-state index < -0.39 is 6.55 Å². The molecule has 1 N–H and O–H groups in total. The van der Waals surface area contributed by atoms with Crippen LogP contribution >= 0.6 is 0 Å². The second kappa shape index (κ2) is 6.43. The van der Waals surface area contributed by atoms with Crippen molar-refractivity contribution < 1.29 is 13.9 Å². The molecule has 2 rings (SSSR count). The van der Waals surface area contributed by atoms with Gasteiger partial charge in [-0.2, -0.15) is 8.78 Å². The van der Waals surface area contributed by atoms with Crippen LogP contribution in [0.2, 0.25) is 0 Å². The van der Waals surface area contributed by atoms with Crippen LogP contribution in [-0.4, -0.2) is 39.3 Å². The van der Waals surface area contributed by atoms with Crippen LogP contribution in [0.25, 0.3) is 0 Å². The smallest absolute Gasteiger partial charge is 0.319 e. The van der Waals surface area contributed by atoms with Gasteiger partial charge in [0, 0.05) is 18.9 Å². The molecule has 1 fully saturated rings. The summed E-state index contributed by atoms with van der Waals surface area (Å²) in [5.41, 5.74) is 0. The fraction of sp³-hybridized carbons (Fsp3) is 0.769. The van der Waals surface area contributed by atoms with E-state index in [0.29, 0.717) is 12.4 Å². The van der Waals surface area contributed by atoms with Crippen molar-refractivity contribution in [1.29, 1.82) is 0 Å². The lowest BCUT2D eigenvalue weighted by Crippen LogP contribution is -2.35. The fourth-order valence-electron chi connectivity index (χ4n) is 2.75. The predicted octanol–water partition coefficient (Wildman–Crippen LogP) is 2.26. The highest BCUT2D eigenvalue weighted by atomic mass is 19.3. The molecule has 0 saturated heterocycles. The average molecular weight is 273 g/mol. The largest absolute Gasteiger partial charge is 0.393 e. The molecular weight excluding hydrogens is 252 g/mol. The summed E-state index contributed by atoms with van der Waals surface area (Å²) in [6.07, 6.45) is 6.51. The van der Waals surface area contributed by atoms with Gasteiger partial charge in [-0.15, -0.1) is 0 Å². The van der Waals surface area contributed by atoms with Crippen LogP contribution in [0.1, 0.15) is 38.1 Å². The summed E-state index contributed by atoms with van der Waals surface area (Å²) in [6, 6.07) is 0. The standard InChI is InChI=1S/C13H21F2N3O/c1-17(8-10-4-2-3-5-11(10)19)9-12-16-6-7-18(12)13(14)15/h6-7,10-11,13,19H,2-5,8-9H2,1H3. The van der Waals surface area contributed by atoms with E-state index in [9.17, 15) is 13.9 Å². The molecule has 19 heavy (non-hydrogen) atoms. The molecule has 1 heterocycles. The molecule has 2 atom stereocenters. The van der Waals surface area contributed by atoms with Crippen LogP contribution in [-0.2, 0) is 6.54 Å². The Morgan fingerprint density at radius 3 is 2.89 bits per heavy atom. The van der Waals surface area contributed by atoms with Gasteiger partial charge in [0.2, 0.25) is 0 Å². The molecule has 0 aliphatic heterocycles. The molecule has 1 aliphatic carbocycles. The van der Waals surface area contributed by atoms with Gasteiger partial charge in [0.15, 0.2) is 0 Å². The normalized spacial score (nSPS) is 24.3. The van der Waals surface area contributed by atoms with Crippen LogP contribution in [0.4, 0.5) is 8.78 Å². The number of aliphatic hydroxyl groups excluding tert-OH is 1. The summed E-state index contributed by atoms with van der Waals surface area (Å²) in [6.45, 7) is -1.45. The first kappa shape index (κ1) is 14.4. The third-order valence-electron chi connectivity index (χ3n) is 3.79. The first-order valence-electron chi connectivity index (χ1n) is 6.74. The molecule has 108 valence electrons. The molecule has 1 aromatic rings. The summed E-state index contributed by atoms with van der Waals surface area (Å²) in [7, 11) is 1.88. The number of aromatic nitrogens is 2. The lowest BCUT2D eigenvalue weighted by atomic mass is 9.86. The van der Waals surface area contributed by atoms with E-state index >= 15 is 0 Å². The maximum absolute atomic E-state index is 12.7. The summed E-state index contributed by atoms with van der Waals surface area (Å²) in [5, 5.41) is 9.92. The van der Waals surface area contributed by atoms with Gasteiger partial charge in [0.1, 0.15) is 5.82 Å². The second-order valence-electron chi connectivity index (χ2n) is 5.34. The molecule has 6 heteroatoms. The Kier molecular flexibility index (Phi) is 4.87. The van der Waals surface area contributed by atoms with E-state index in [2.05, 4.69) is 4.98 Å². The van der Waals surface area contributed by atoms with Gasteiger partial charge in [0.05, 0.1) is 12.6 Å². The highest BCUT2D eigenvalue weighted by molar-refractivity contribution is 4.93. The summed E-state index contributed by atoms with van der Waals surface area (Å²) < 4.78 is 26.3. The van der Waals surface area contributed by atoms with Crippen molar-refractivity contribution >= 4 is 0 Å². The fourth-order valence-corrected chi connectivity index (χ4v) is 2.75. The number of rotatable bonds is 5. The maximum Gasteiger partial charge on any atom is 0.319 e. The molecule has 0 spiro atoms. The highest BCUT2D eigenvalue weighted by Gasteiger charge is 2.24. The number of hydrogen-bond donors (Lipinski definition) is 1. The number of aliphatic hydroxyl groups is 1. The van der Waals surface area contributed by atoms with Crippen molar-refractivity contribution in [3.63, 3.8) is 0 Å². The summed E-state index contributed by atoms with van der Waals surface area (Å²) in [5.74, 6) is 0.608. The Bertz CT molecular complexity index is 397. The maximum atomic E-state index is 12.7. The zero-order valence-electron chi connectivity index (χ0n) is 11.2. The third kappa shape index (κ3) is 3.73. The highest BCUT2D eigenvalue weighted by Crippen LogP contribution is 2.25. The van der Waals surface area contributed by atoms with Gasteiger partial charge in [0.25, 0.3) is 0 Å². The van der Waals surface area contributed by atoms with Gasteiger partial charge in [-0.25, -0.2) is 4.98 Å². The van der Waals surface area contributed by atoms with E-state index in [4.69, 9.17) is 0 Å². The Hall–Kier alpha value is -1.01. The van der Waals surface area contributed by atoms with Gasteiger partial charge >= 0.3 is 6.55 Å². The molecule has 0 radical (unpaired) electrons. The summed E-state index contributed by atoms with van der Waals surface area (Å²) in [4.78, 5) is 5.93. The molecule has 0 aromatic carbocycles. The van der Waals surface area contributed by atoms with E-state index in [1.54, 1.807) is 0 Å². The Balaban J connectivity index is 1.89. The third-order valence-corrected chi connectivity index (χ3v) is 3.79. The minimum absolute atomic E-state index is 0.244. The first-order valence-corrected chi connectivity index (χ1v) is 6.74. The van der Waals surface area contributed by atoms with Gasteiger partial charge in [-0.05, 0) is 25.8 Å². The van der Waals surface area contributed by atoms with Crippen LogP contribution in [0, 0.1) is 5.92 Å². The summed E-state index contributed by atoms with van der Waals surface area (Å²) >= 11 is 0. The van der Waals surface area contributed by atoms with Gasteiger partial charge < -0.3 is 5.11 Å². The molecule has 1 saturated carbocycles. The van der Waals surface area contributed by atoms with Crippen molar-refractivity contribution in [2.24, 2.45) is 5.92 Å². The molecule has 0 bridgehead atoms. The van der Waals surface area contributed by atoms with Crippen LogP contribution in [0.15, 0.2) is 12.4 Å². The van der Waals surface area contributed by atoms with Crippen LogP contribution in [0.3, 0.4) is 0 Å². The zero-order chi connectivity index (χ0) is 13.8.